The van der Waals surface area contributed by atoms with E-state index < -0.39 is 0 Å². The number of thiol groups is 1. The van der Waals surface area contributed by atoms with Gasteiger partial charge in [-0.05, 0) is 19.2 Å². The molecule has 1 unspecified atom stereocenters. The van der Waals surface area contributed by atoms with Gasteiger partial charge in [-0.2, -0.15) is 17.7 Å². The molecular formula is C19H27N4S+. The van der Waals surface area contributed by atoms with Gasteiger partial charge in [0.15, 0.2) is 18.9 Å². The third-order valence-electron chi connectivity index (χ3n) is 3.74. The van der Waals surface area contributed by atoms with Crippen molar-refractivity contribution in [2.75, 3.05) is 32.2 Å². The molecule has 2 aromatic rings. The molecule has 0 bridgehead atoms. The van der Waals surface area contributed by atoms with E-state index in [9.17, 15) is 0 Å². The van der Waals surface area contributed by atoms with Crippen molar-refractivity contribution >= 4 is 24.5 Å². The smallest absolute Gasteiger partial charge is 0.169 e. The lowest BCUT2D eigenvalue weighted by Crippen LogP contribution is -2.40. The van der Waals surface area contributed by atoms with Crippen LogP contribution in [-0.4, -0.2) is 43.5 Å². The van der Waals surface area contributed by atoms with Gasteiger partial charge >= 0.3 is 0 Å². The Morgan fingerprint density at radius 3 is 2.42 bits per heavy atom. The lowest BCUT2D eigenvalue weighted by Gasteiger charge is -2.16. The van der Waals surface area contributed by atoms with Crippen molar-refractivity contribution in [3.05, 3.63) is 60.4 Å². The number of pyridine rings is 1. The van der Waals surface area contributed by atoms with E-state index in [1.165, 1.54) is 0 Å². The summed E-state index contributed by atoms with van der Waals surface area (Å²) in [7, 11) is 4.08. The van der Waals surface area contributed by atoms with Gasteiger partial charge in [-0.3, -0.25) is 9.91 Å². The van der Waals surface area contributed by atoms with Gasteiger partial charge in [0.1, 0.15) is 0 Å². The van der Waals surface area contributed by atoms with Crippen molar-refractivity contribution in [2.24, 2.45) is 5.10 Å². The number of hydrogen-bond acceptors (Lipinski definition) is 4. The van der Waals surface area contributed by atoms with E-state index >= 15 is 0 Å². The molecule has 0 fully saturated rings. The molecule has 24 heavy (non-hydrogen) atoms. The van der Waals surface area contributed by atoms with E-state index in [-0.39, 0.29) is 0 Å². The Kier molecular flexibility index (Phi) is 7.28. The SMILES string of the molecule is CC(S)CN(C)CC[n+]1ccc(C=NN(C)c2ccccc2)cc1. The molecule has 0 spiro atoms. The summed E-state index contributed by atoms with van der Waals surface area (Å²) in [6.45, 7) is 5.10. The molecule has 0 saturated carbocycles. The fourth-order valence-corrected chi connectivity index (χ4v) is 2.67. The van der Waals surface area contributed by atoms with Crippen LogP contribution in [0.3, 0.4) is 0 Å². The first kappa shape index (κ1) is 18.5. The third-order valence-corrected chi connectivity index (χ3v) is 3.91. The minimum atomic E-state index is 0.403. The monoisotopic (exact) mass is 343 g/mol. The first-order valence-electron chi connectivity index (χ1n) is 8.23. The largest absolute Gasteiger partial charge is 0.299 e. The van der Waals surface area contributed by atoms with Crippen LogP contribution in [0.25, 0.3) is 0 Å². The minimum Gasteiger partial charge on any atom is -0.299 e. The van der Waals surface area contributed by atoms with Gasteiger partial charge in [-0.25, -0.2) is 4.57 Å². The average Bonchev–Trinajstić information content (AvgIpc) is 2.59. The molecule has 0 radical (unpaired) electrons. The lowest BCUT2D eigenvalue weighted by molar-refractivity contribution is -0.696. The van der Waals surface area contributed by atoms with E-state index in [0.29, 0.717) is 5.25 Å². The molecule has 5 heteroatoms. The van der Waals surface area contributed by atoms with Gasteiger partial charge in [0, 0.05) is 36.5 Å². The van der Waals surface area contributed by atoms with E-state index in [1.54, 1.807) is 0 Å². The van der Waals surface area contributed by atoms with E-state index in [2.05, 4.69) is 65.7 Å². The Morgan fingerprint density at radius 1 is 1.12 bits per heavy atom. The number of likely N-dealkylation sites (N-methyl/N-ethyl adjacent to an activating group) is 1. The Bertz CT molecular complexity index is 626. The molecule has 128 valence electrons. The highest BCUT2D eigenvalue weighted by Crippen LogP contribution is 2.10. The zero-order valence-corrected chi connectivity index (χ0v) is 15.6. The highest BCUT2D eigenvalue weighted by atomic mass is 32.1. The summed E-state index contributed by atoms with van der Waals surface area (Å²) in [6, 6.07) is 14.3. The maximum Gasteiger partial charge on any atom is 0.169 e. The molecule has 0 aliphatic carbocycles. The highest BCUT2D eigenvalue weighted by Gasteiger charge is 2.06. The number of para-hydroxylation sites is 1. The van der Waals surface area contributed by atoms with Gasteiger partial charge in [0.2, 0.25) is 0 Å². The summed E-state index contributed by atoms with van der Waals surface area (Å²) in [5, 5.41) is 6.76. The van der Waals surface area contributed by atoms with E-state index in [0.717, 1.165) is 30.9 Å². The number of anilines is 1. The second-order valence-electron chi connectivity index (χ2n) is 6.08. The molecule has 0 aliphatic rings. The van der Waals surface area contributed by atoms with Crippen LogP contribution in [0, 0.1) is 0 Å². The zero-order valence-electron chi connectivity index (χ0n) is 14.7. The molecular weight excluding hydrogens is 316 g/mol. The first-order valence-corrected chi connectivity index (χ1v) is 8.74. The molecule has 0 amide bonds. The summed E-state index contributed by atoms with van der Waals surface area (Å²) < 4.78 is 2.19. The molecule has 1 aromatic carbocycles. The maximum absolute atomic E-state index is 4.48. The van der Waals surface area contributed by atoms with Crippen LogP contribution in [-0.2, 0) is 6.54 Å². The Labute approximate surface area is 150 Å². The quantitative estimate of drug-likeness (QED) is 0.345. The Morgan fingerprint density at radius 2 is 1.79 bits per heavy atom. The topological polar surface area (TPSA) is 22.7 Å². The predicted octanol–water partition coefficient (Wildman–Crippen LogP) is 2.69. The molecule has 0 N–H and O–H groups in total. The van der Waals surface area contributed by atoms with Crippen molar-refractivity contribution in [3.63, 3.8) is 0 Å². The van der Waals surface area contributed by atoms with Gasteiger partial charge < -0.3 is 0 Å². The van der Waals surface area contributed by atoms with Crippen LogP contribution >= 0.6 is 12.6 Å². The van der Waals surface area contributed by atoms with Crippen LogP contribution < -0.4 is 9.58 Å². The van der Waals surface area contributed by atoms with Gasteiger partial charge in [0.25, 0.3) is 0 Å². The second-order valence-corrected chi connectivity index (χ2v) is 6.97. The zero-order chi connectivity index (χ0) is 17.4. The summed E-state index contributed by atoms with van der Waals surface area (Å²) in [5.41, 5.74) is 2.16. The van der Waals surface area contributed by atoms with E-state index in [4.69, 9.17) is 0 Å². The number of hydrogen-bond donors (Lipinski definition) is 1. The summed E-state index contributed by atoms with van der Waals surface area (Å²) >= 11 is 4.43. The molecule has 0 saturated heterocycles. The van der Waals surface area contributed by atoms with Crippen molar-refractivity contribution in [1.82, 2.24) is 4.90 Å². The fraction of sp³-hybridized carbons (Fsp3) is 0.368. The van der Waals surface area contributed by atoms with Crippen molar-refractivity contribution in [1.29, 1.82) is 0 Å². The fourth-order valence-electron chi connectivity index (χ4n) is 2.40. The summed E-state index contributed by atoms with van der Waals surface area (Å²) in [5.74, 6) is 0. The number of aromatic nitrogens is 1. The van der Waals surface area contributed by atoms with Crippen molar-refractivity contribution in [2.45, 2.75) is 18.7 Å². The maximum atomic E-state index is 4.48. The first-order chi connectivity index (χ1) is 11.5. The van der Waals surface area contributed by atoms with Crippen LogP contribution in [0.4, 0.5) is 5.69 Å². The van der Waals surface area contributed by atoms with Crippen molar-refractivity contribution < 1.29 is 4.57 Å². The van der Waals surface area contributed by atoms with Gasteiger partial charge in [-0.15, -0.1) is 0 Å². The van der Waals surface area contributed by atoms with Crippen LogP contribution in [0.2, 0.25) is 0 Å². The molecule has 1 heterocycles. The average molecular weight is 344 g/mol. The molecule has 1 atom stereocenters. The standard InChI is InChI=1S/C19H26N4S/c1-17(24)16-21(2)13-14-23-11-9-18(10-12-23)15-20-22(3)19-7-5-4-6-8-19/h4-12,15,17H,13-14,16H2,1-3H3/p+1. The third kappa shape index (κ3) is 6.34. The molecule has 0 aliphatic heterocycles. The second kappa shape index (κ2) is 9.45. The van der Waals surface area contributed by atoms with E-state index in [1.807, 2.05) is 48.6 Å². The number of nitrogens with zero attached hydrogens (tertiary/aromatic N) is 4. The normalized spacial score (nSPS) is 12.7. The van der Waals surface area contributed by atoms with Crippen LogP contribution in [0.15, 0.2) is 60.0 Å². The van der Waals surface area contributed by atoms with Gasteiger partial charge in [-0.1, -0.05) is 25.1 Å². The summed E-state index contributed by atoms with van der Waals surface area (Å²) in [6.07, 6.45) is 6.08. The lowest BCUT2D eigenvalue weighted by atomic mass is 10.3. The number of rotatable bonds is 8. The summed E-state index contributed by atoms with van der Waals surface area (Å²) in [4.78, 5) is 2.30. The molecule has 1 aromatic heterocycles. The van der Waals surface area contributed by atoms with Gasteiger partial charge in [0.05, 0.1) is 18.4 Å². The Hall–Kier alpha value is -1.85. The molecule has 4 nitrogen and oxygen atoms in total. The van der Waals surface area contributed by atoms with Crippen LogP contribution in [0.1, 0.15) is 12.5 Å². The highest BCUT2D eigenvalue weighted by molar-refractivity contribution is 7.80. The van der Waals surface area contributed by atoms with Crippen molar-refractivity contribution in [3.8, 4) is 0 Å². The predicted molar refractivity (Wildman–Crippen MR) is 105 cm³/mol. The number of hydrazone groups is 1. The number of benzene rings is 1. The Balaban J connectivity index is 1.86. The van der Waals surface area contributed by atoms with Crippen LogP contribution in [0.5, 0.6) is 0 Å². The molecule has 2 rings (SSSR count). The minimum absolute atomic E-state index is 0.403.